The van der Waals surface area contributed by atoms with Crippen LogP contribution in [0.5, 0.6) is 0 Å². The van der Waals surface area contributed by atoms with Crippen molar-refractivity contribution in [1.82, 2.24) is 0 Å². The molecule has 0 aromatic carbocycles. The summed E-state index contributed by atoms with van der Waals surface area (Å²) >= 11 is 0. The molecule has 238 valence electrons. The van der Waals surface area contributed by atoms with E-state index in [1.807, 2.05) is 20.8 Å². The standard InChI is InChI=1S/C34H66O6/c1-6-9-11-13-15-17-19-21-23-25-32(35)38-30-31(29-37-28-27-34(4,5)39-8-3)40-33(36)26-24-22-20-18-16-14-12-10-7-2/h31H,6-30H2,1-5H3. The molecule has 40 heavy (non-hydrogen) atoms. The lowest BCUT2D eigenvalue weighted by molar-refractivity contribution is -0.163. The minimum absolute atomic E-state index is 0.0502. The van der Waals surface area contributed by atoms with Gasteiger partial charge in [-0.15, -0.1) is 0 Å². The van der Waals surface area contributed by atoms with E-state index in [9.17, 15) is 9.59 Å². The molecule has 0 aliphatic carbocycles. The minimum Gasteiger partial charge on any atom is -0.462 e. The van der Waals surface area contributed by atoms with Gasteiger partial charge in [-0.25, -0.2) is 0 Å². The van der Waals surface area contributed by atoms with Crippen molar-refractivity contribution in [3.05, 3.63) is 0 Å². The molecule has 0 spiro atoms. The molecule has 0 saturated carbocycles. The third-order valence-corrected chi connectivity index (χ3v) is 7.38. The lowest BCUT2D eigenvalue weighted by Gasteiger charge is -2.25. The van der Waals surface area contributed by atoms with Gasteiger partial charge in [0, 0.05) is 26.1 Å². The van der Waals surface area contributed by atoms with Crippen molar-refractivity contribution in [3.8, 4) is 0 Å². The molecule has 0 bridgehead atoms. The Morgan fingerprint density at radius 2 is 1.05 bits per heavy atom. The number of hydrogen-bond donors (Lipinski definition) is 0. The van der Waals surface area contributed by atoms with E-state index < -0.39 is 6.10 Å². The highest BCUT2D eigenvalue weighted by Crippen LogP contribution is 2.15. The van der Waals surface area contributed by atoms with Gasteiger partial charge in [0.05, 0.1) is 12.2 Å². The first-order valence-electron chi connectivity index (χ1n) is 16.9. The van der Waals surface area contributed by atoms with E-state index in [1.54, 1.807) is 0 Å². The van der Waals surface area contributed by atoms with Crippen LogP contribution in [-0.2, 0) is 28.5 Å². The van der Waals surface area contributed by atoms with Crippen LogP contribution >= 0.6 is 0 Å². The summed E-state index contributed by atoms with van der Waals surface area (Å²) < 4.78 is 22.7. The summed E-state index contributed by atoms with van der Waals surface area (Å²) in [4.78, 5) is 24.8. The number of unbranched alkanes of at least 4 members (excludes halogenated alkanes) is 16. The van der Waals surface area contributed by atoms with E-state index in [0.29, 0.717) is 26.1 Å². The third kappa shape index (κ3) is 27.1. The molecule has 6 heteroatoms. The Morgan fingerprint density at radius 3 is 1.52 bits per heavy atom. The Balaban J connectivity index is 4.30. The average Bonchev–Trinajstić information content (AvgIpc) is 2.92. The smallest absolute Gasteiger partial charge is 0.306 e. The summed E-state index contributed by atoms with van der Waals surface area (Å²) in [6.07, 6.45) is 22.7. The average molecular weight is 571 g/mol. The van der Waals surface area contributed by atoms with Gasteiger partial charge in [-0.05, 0) is 40.0 Å². The monoisotopic (exact) mass is 570 g/mol. The summed E-state index contributed by atoms with van der Waals surface area (Å²) in [5.41, 5.74) is -0.265. The van der Waals surface area contributed by atoms with Gasteiger partial charge in [-0.2, -0.15) is 0 Å². The first kappa shape index (κ1) is 38.9. The Morgan fingerprint density at radius 1 is 0.600 bits per heavy atom. The quantitative estimate of drug-likeness (QED) is 0.0632. The number of carbonyl (C=O) groups is 2. The van der Waals surface area contributed by atoms with Crippen LogP contribution in [0.15, 0.2) is 0 Å². The SMILES string of the molecule is CCCCCCCCCCCC(=O)OCC(COCCC(C)(C)OCC)OC(=O)CCCCCCCCCCC. The fourth-order valence-corrected chi connectivity index (χ4v) is 4.77. The van der Waals surface area contributed by atoms with E-state index >= 15 is 0 Å². The Labute approximate surface area is 248 Å². The molecule has 0 heterocycles. The van der Waals surface area contributed by atoms with Crippen LogP contribution in [0.1, 0.15) is 169 Å². The van der Waals surface area contributed by atoms with Gasteiger partial charge in [0.15, 0.2) is 6.10 Å². The van der Waals surface area contributed by atoms with E-state index in [1.165, 1.54) is 83.5 Å². The van der Waals surface area contributed by atoms with Crippen LogP contribution < -0.4 is 0 Å². The number of hydrogen-bond acceptors (Lipinski definition) is 6. The summed E-state index contributed by atoms with van der Waals surface area (Å²) in [5, 5.41) is 0. The maximum atomic E-state index is 12.5. The fraction of sp³-hybridized carbons (Fsp3) is 0.941. The molecule has 0 aromatic rings. The highest BCUT2D eigenvalue weighted by Gasteiger charge is 2.20. The van der Waals surface area contributed by atoms with Crippen molar-refractivity contribution in [1.29, 1.82) is 0 Å². The molecule has 0 rings (SSSR count). The van der Waals surface area contributed by atoms with Crippen LogP contribution in [0.25, 0.3) is 0 Å². The predicted octanol–water partition coefficient (Wildman–Crippen LogP) is 9.51. The minimum atomic E-state index is -0.576. The molecule has 0 amide bonds. The first-order chi connectivity index (χ1) is 19.3. The fourth-order valence-electron chi connectivity index (χ4n) is 4.77. The Hall–Kier alpha value is -1.14. The van der Waals surface area contributed by atoms with Crippen molar-refractivity contribution in [2.45, 2.75) is 181 Å². The zero-order valence-electron chi connectivity index (χ0n) is 27.2. The van der Waals surface area contributed by atoms with Crippen LogP contribution in [0.4, 0.5) is 0 Å². The molecule has 0 saturated heterocycles. The lowest BCUT2D eigenvalue weighted by atomic mass is 10.1. The number of ether oxygens (including phenoxy) is 4. The molecular weight excluding hydrogens is 504 g/mol. The van der Waals surface area contributed by atoms with Crippen LogP contribution in [0.2, 0.25) is 0 Å². The zero-order valence-corrected chi connectivity index (χ0v) is 27.2. The van der Waals surface area contributed by atoms with E-state index in [0.717, 1.165) is 38.5 Å². The lowest BCUT2D eigenvalue weighted by Crippen LogP contribution is -2.31. The second kappa shape index (κ2) is 28.0. The van der Waals surface area contributed by atoms with Gasteiger partial charge >= 0.3 is 11.9 Å². The molecule has 0 N–H and O–H groups in total. The summed E-state index contributed by atoms with van der Waals surface area (Å²) in [5.74, 6) is -0.457. The second-order valence-corrected chi connectivity index (χ2v) is 12.0. The van der Waals surface area contributed by atoms with Crippen molar-refractivity contribution < 1.29 is 28.5 Å². The first-order valence-corrected chi connectivity index (χ1v) is 16.9. The van der Waals surface area contributed by atoms with Crippen LogP contribution in [0.3, 0.4) is 0 Å². The van der Waals surface area contributed by atoms with Gasteiger partial charge in [-0.3, -0.25) is 9.59 Å². The summed E-state index contributed by atoms with van der Waals surface area (Å²) in [7, 11) is 0. The van der Waals surface area contributed by atoms with E-state index in [2.05, 4.69) is 13.8 Å². The number of carbonyl (C=O) groups excluding carboxylic acids is 2. The van der Waals surface area contributed by atoms with Crippen molar-refractivity contribution in [2.75, 3.05) is 26.4 Å². The van der Waals surface area contributed by atoms with E-state index in [-0.39, 0.29) is 30.8 Å². The van der Waals surface area contributed by atoms with Gasteiger partial charge in [0.1, 0.15) is 6.61 Å². The molecular formula is C34H66O6. The zero-order chi connectivity index (χ0) is 29.7. The van der Waals surface area contributed by atoms with Crippen molar-refractivity contribution in [2.24, 2.45) is 0 Å². The van der Waals surface area contributed by atoms with Gasteiger partial charge in [0.25, 0.3) is 0 Å². The van der Waals surface area contributed by atoms with Crippen LogP contribution in [-0.4, -0.2) is 50.1 Å². The molecule has 1 unspecified atom stereocenters. The summed E-state index contributed by atoms with van der Waals surface area (Å²) in [6.45, 7) is 11.9. The third-order valence-electron chi connectivity index (χ3n) is 7.38. The molecule has 0 aliphatic heterocycles. The van der Waals surface area contributed by atoms with Gasteiger partial charge < -0.3 is 18.9 Å². The van der Waals surface area contributed by atoms with Gasteiger partial charge in [-0.1, -0.05) is 117 Å². The molecule has 0 aromatic heterocycles. The van der Waals surface area contributed by atoms with Crippen molar-refractivity contribution >= 4 is 11.9 Å². The molecule has 0 radical (unpaired) electrons. The maximum absolute atomic E-state index is 12.5. The van der Waals surface area contributed by atoms with Gasteiger partial charge in [0.2, 0.25) is 0 Å². The second-order valence-electron chi connectivity index (χ2n) is 12.0. The molecule has 6 nitrogen and oxygen atoms in total. The molecule has 0 fully saturated rings. The largest absolute Gasteiger partial charge is 0.462 e. The van der Waals surface area contributed by atoms with Crippen molar-refractivity contribution in [3.63, 3.8) is 0 Å². The van der Waals surface area contributed by atoms with E-state index in [4.69, 9.17) is 18.9 Å². The Kier molecular flexibility index (Phi) is 27.2. The topological polar surface area (TPSA) is 71.1 Å². The highest BCUT2D eigenvalue weighted by molar-refractivity contribution is 5.70. The Bertz CT molecular complexity index is 577. The molecule has 1 atom stereocenters. The summed E-state index contributed by atoms with van der Waals surface area (Å²) in [6, 6.07) is 0. The normalized spacial score (nSPS) is 12.4. The maximum Gasteiger partial charge on any atom is 0.306 e. The molecule has 0 aliphatic rings. The number of rotatable bonds is 30. The van der Waals surface area contributed by atoms with Crippen LogP contribution in [0, 0.1) is 0 Å². The predicted molar refractivity (Wildman–Crippen MR) is 166 cm³/mol. The highest BCUT2D eigenvalue weighted by atomic mass is 16.6. The number of esters is 2.